The maximum Gasteiger partial charge on any atom is 0.142 e. The topological polar surface area (TPSA) is 40.2 Å². The minimum Gasteiger partial charge on any atom is -0.368 e. The third-order valence-electron chi connectivity index (χ3n) is 2.56. The molecule has 1 aromatic rings. The van der Waals surface area contributed by atoms with Crippen LogP contribution in [0.4, 0.5) is 11.6 Å². The molecule has 0 unspecified atom stereocenters. The van der Waals surface area contributed by atoms with Gasteiger partial charge in [0.25, 0.3) is 0 Å². The molecule has 0 aromatic carbocycles. The molecule has 0 spiro atoms. The van der Waals surface area contributed by atoms with Gasteiger partial charge in [-0.2, -0.15) is 0 Å². The highest BCUT2D eigenvalue weighted by atomic mass is 15.5. The molecule has 0 radical (unpaired) electrons. The molecule has 1 aromatic heterocycles. The zero-order valence-corrected chi connectivity index (χ0v) is 10.0. The molecule has 0 amide bonds. The first-order chi connectivity index (χ1) is 7.74. The molecule has 16 heavy (non-hydrogen) atoms. The summed E-state index contributed by atoms with van der Waals surface area (Å²) in [5.41, 5.74) is 3.34. The van der Waals surface area contributed by atoms with Crippen LogP contribution >= 0.6 is 0 Å². The Morgan fingerprint density at radius 3 is 2.56 bits per heavy atom. The molecule has 2 rings (SSSR count). The van der Waals surface area contributed by atoms with Gasteiger partial charge < -0.3 is 10.7 Å². The van der Waals surface area contributed by atoms with Crippen molar-refractivity contribution in [3.8, 4) is 0 Å². The van der Waals surface area contributed by atoms with Crippen molar-refractivity contribution in [2.24, 2.45) is 0 Å². The van der Waals surface area contributed by atoms with Crippen molar-refractivity contribution < 1.29 is 0 Å². The SMILES string of the molecule is CC(C)Nc1cccc(NN2CCCC2)n1. The van der Waals surface area contributed by atoms with Crippen molar-refractivity contribution in [3.05, 3.63) is 18.2 Å². The van der Waals surface area contributed by atoms with Gasteiger partial charge in [0.15, 0.2) is 0 Å². The number of pyridine rings is 1. The number of nitrogens with one attached hydrogen (secondary N) is 2. The average Bonchev–Trinajstić information content (AvgIpc) is 2.70. The van der Waals surface area contributed by atoms with E-state index in [2.05, 4.69) is 34.6 Å². The molecular formula is C12H20N4. The van der Waals surface area contributed by atoms with E-state index in [1.165, 1.54) is 12.8 Å². The summed E-state index contributed by atoms with van der Waals surface area (Å²) >= 11 is 0. The fourth-order valence-electron chi connectivity index (χ4n) is 1.86. The van der Waals surface area contributed by atoms with Crippen LogP contribution in [0.5, 0.6) is 0 Å². The summed E-state index contributed by atoms with van der Waals surface area (Å²) in [4.78, 5) is 4.51. The number of rotatable bonds is 4. The summed E-state index contributed by atoms with van der Waals surface area (Å²) in [6.07, 6.45) is 2.55. The first kappa shape index (κ1) is 11.2. The molecular weight excluding hydrogens is 200 g/mol. The zero-order valence-electron chi connectivity index (χ0n) is 10.0. The quantitative estimate of drug-likeness (QED) is 0.817. The predicted molar refractivity (Wildman–Crippen MR) is 67.4 cm³/mol. The van der Waals surface area contributed by atoms with Gasteiger partial charge in [0, 0.05) is 19.1 Å². The van der Waals surface area contributed by atoms with Crippen LogP contribution in [0.25, 0.3) is 0 Å². The van der Waals surface area contributed by atoms with E-state index in [9.17, 15) is 0 Å². The Balaban J connectivity index is 1.97. The summed E-state index contributed by atoms with van der Waals surface area (Å²) in [6.45, 7) is 6.46. The van der Waals surface area contributed by atoms with Crippen molar-refractivity contribution >= 4 is 11.6 Å². The van der Waals surface area contributed by atoms with Gasteiger partial charge in [-0.3, -0.25) is 0 Å². The molecule has 1 saturated heterocycles. The Morgan fingerprint density at radius 2 is 1.88 bits per heavy atom. The maximum absolute atomic E-state index is 4.51. The molecule has 0 aliphatic carbocycles. The summed E-state index contributed by atoms with van der Waals surface area (Å²) in [5, 5.41) is 5.52. The number of anilines is 2. The second kappa shape index (κ2) is 5.16. The van der Waals surface area contributed by atoms with E-state index < -0.39 is 0 Å². The second-order valence-corrected chi connectivity index (χ2v) is 4.51. The molecule has 1 aliphatic rings. The van der Waals surface area contributed by atoms with E-state index in [4.69, 9.17) is 0 Å². The molecule has 1 fully saturated rings. The zero-order chi connectivity index (χ0) is 11.4. The largest absolute Gasteiger partial charge is 0.368 e. The lowest BCUT2D eigenvalue weighted by Crippen LogP contribution is -2.26. The van der Waals surface area contributed by atoms with Gasteiger partial charge in [-0.15, -0.1) is 0 Å². The Labute approximate surface area is 97.0 Å². The minimum absolute atomic E-state index is 0.412. The molecule has 0 bridgehead atoms. The minimum atomic E-state index is 0.412. The standard InChI is InChI=1S/C12H20N4/c1-10(2)13-11-6-5-7-12(14-11)15-16-8-3-4-9-16/h5-7,10H,3-4,8-9H2,1-2H3,(H2,13,14,15). The first-order valence-electron chi connectivity index (χ1n) is 5.99. The Bertz CT molecular complexity index is 332. The van der Waals surface area contributed by atoms with E-state index in [0.29, 0.717) is 6.04 Å². The summed E-state index contributed by atoms with van der Waals surface area (Å²) < 4.78 is 0. The van der Waals surface area contributed by atoms with Crippen LogP contribution < -0.4 is 10.7 Å². The van der Waals surface area contributed by atoms with Crippen molar-refractivity contribution in [1.29, 1.82) is 0 Å². The van der Waals surface area contributed by atoms with Crippen LogP contribution in [-0.4, -0.2) is 29.1 Å². The second-order valence-electron chi connectivity index (χ2n) is 4.51. The lowest BCUT2D eigenvalue weighted by atomic mass is 10.3. The Hall–Kier alpha value is -1.29. The Morgan fingerprint density at radius 1 is 1.19 bits per heavy atom. The summed E-state index contributed by atoms with van der Waals surface area (Å²) in [7, 11) is 0. The normalized spacial score (nSPS) is 16.7. The molecule has 0 saturated carbocycles. The molecule has 88 valence electrons. The number of aromatic nitrogens is 1. The van der Waals surface area contributed by atoms with Gasteiger partial charge in [0.05, 0.1) is 0 Å². The highest BCUT2D eigenvalue weighted by molar-refractivity contribution is 5.44. The third-order valence-corrected chi connectivity index (χ3v) is 2.56. The number of hydrogen-bond acceptors (Lipinski definition) is 4. The predicted octanol–water partition coefficient (Wildman–Crippen LogP) is 2.32. The van der Waals surface area contributed by atoms with Crippen LogP contribution in [0.15, 0.2) is 18.2 Å². The van der Waals surface area contributed by atoms with Crippen LogP contribution in [0.1, 0.15) is 26.7 Å². The first-order valence-corrected chi connectivity index (χ1v) is 5.99. The van der Waals surface area contributed by atoms with Crippen molar-refractivity contribution in [1.82, 2.24) is 9.99 Å². The third kappa shape index (κ3) is 3.10. The monoisotopic (exact) mass is 220 g/mol. The maximum atomic E-state index is 4.51. The summed E-state index contributed by atoms with van der Waals surface area (Å²) in [5.74, 6) is 1.85. The molecule has 2 N–H and O–H groups in total. The number of nitrogens with zero attached hydrogens (tertiary/aromatic N) is 2. The average molecular weight is 220 g/mol. The van der Waals surface area contributed by atoms with Crippen LogP contribution in [0.2, 0.25) is 0 Å². The fourth-order valence-corrected chi connectivity index (χ4v) is 1.86. The number of hydrazine groups is 1. The van der Waals surface area contributed by atoms with Crippen molar-refractivity contribution in [2.45, 2.75) is 32.7 Å². The Kier molecular flexibility index (Phi) is 3.62. The van der Waals surface area contributed by atoms with Crippen LogP contribution in [0.3, 0.4) is 0 Å². The van der Waals surface area contributed by atoms with Crippen LogP contribution in [-0.2, 0) is 0 Å². The van der Waals surface area contributed by atoms with Crippen molar-refractivity contribution in [2.75, 3.05) is 23.8 Å². The molecule has 4 heteroatoms. The molecule has 4 nitrogen and oxygen atoms in total. The summed E-state index contributed by atoms with van der Waals surface area (Å²) in [6, 6.07) is 6.43. The fraction of sp³-hybridized carbons (Fsp3) is 0.583. The highest BCUT2D eigenvalue weighted by Gasteiger charge is 2.11. The van der Waals surface area contributed by atoms with Gasteiger partial charge in [-0.05, 0) is 38.8 Å². The van der Waals surface area contributed by atoms with Gasteiger partial charge in [0.2, 0.25) is 0 Å². The van der Waals surface area contributed by atoms with E-state index >= 15 is 0 Å². The number of hydrogen-bond donors (Lipinski definition) is 2. The van der Waals surface area contributed by atoms with E-state index in [1.54, 1.807) is 0 Å². The van der Waals surface area contributed by atoms with Gasteiger partial charge in [0.1, 0.15) is 11.6 Å². The van der Waals surface area contributed by atoms with E-state index in [0.717, 1.165) is 24.7 Å². The van der Waals surface area contributed by atoms with E-state index in [1.807, 2.05) is 18.2 Å². The lowest BCUT2D eigenvalue weighted by molar-refractivity contribution is 0.408. The van der Waals surface area contributed by atoms with Gasteiger partial charge >= 0.3 is 0 Å². The van der Waals surface area contributed by atoms with Gasteiger partial charge in [-0.1, -0.05) is 6.07 Å². The van der Waals surface area contributed by atoms with Gasteiger partial charge in [-0.25, -0.2) is 9.99 Å². The van der Waals surface area contributed by atoms with E-state index in [-0.39, 0.29) is 0 Å². The molecule has 1 aliphatic heterocycles. The van der Waals surface area contributed by atoms with Crippen LogP contribution in [0, 0.1) is 0 Å². The lowest BCUT2D eigenvalue weighted by Gasteiger charge is -2.18. The highest BCUT2D eigenvalue weighted by Crippen LogP contribution is 2.13. The van der Waals surface area contributed by atoms with Crippen molar-refractivity contribution in [3.63, 3.8) is 0 Å². The molecule has 0 atom stereocenters. The smallest absolute Gasteiger partial charge is 0.142 e. The molecule has 2 heterocycles.